The van der Waals surface area contributed by atoms with Crippen molar-refractivity contribution in [2.45, 2.75) is 20.0 Å². The van der Waals surface area contributed by atoms with Crippen LogP contribution in [0.15, 0.2) is 4.79 Å². The van der Waals surface area contributed by atoms with Gasteiger partial charge in [-0.25, -0.2) is 4.98 Å². The molecule has 0 aliphatic carbocycles. The highest BCUT2D eigenvalue weighted by molar-refractivity contribution is 7.13. The second-order valence-electron chi connectivity index (χ2n) is 2.98. The molecule has 1 aromatic heterocycles. The smallest absolute Gasteiger partial charge is 0.255 e. The van der Waals surface area contributed by atoms with Crippen LogP contribution in [0.4, 0.5) is 0 Å². The summed E-state index contributed by atoms with van der Waals surface area (Å²) in [5.74, 6) is 0.694. The Balaban J connectivity index is 2.60. The maximum atomic E-state index is 11.3. The molecule has 0 fully saturated rings. The van der Waals surface area contributed by atoms with Gasteiger partial charge in [0.1, 0.15) is 5.82 Å². The van der Waals surface area contributed by atoms with Crippen LogP contribution in [0.3, 0.4) is 0 Å². The molecule has 1 N–H and O–H groups in total. The van der Waals surface area contributed by atoms with Crippen LogP contribution in [0, 0.1) is 6.92 Å². The number of aromatic nitrogens is 2. The number of hydrogen-bond acceptors (Lipinski definition) is 3. The van der Waals surface area contributed by atoms with Crippen molar-refractivity contribution in [2.24, 2.45) is 0 Å². The molecule has 1 aliphatic rings. The number of nitrogens with zero attached hydrogens (tertiary/aromatic N) is 2. The van der Waals surface area contributed by atoms with E-state index in [1.54, 1.807) is 6.92 Å². The highest BCUT2D eigenvalue weighted by atomic mass is 31.0. The lowest BCUT2D eigenvalue weighted by Gasteiger charge is -2.01. The summed E-state index contributed by atoms with van der Waals surface area (Å²) in [6, 6.07) is 0. The van der Waals surface area contributed by atoms with E-state index in [0.29, 0.717) is 12.4 Å². The third-order valence-corrected chi connectivity index (χ3v) is 2.30. The molecule has 1 unspecified atom stereocenters. The minimum Gasteiger partial charge on any atom is -0.310 e. The molecule has 5 heteroatoms. The summed E-state index contributed by atoms with van der Waals surface area (Å²) in [5, 5.41) is 0. The molecular formula is C7H10N3OP. The molecule has 0 amide bonds. The molecule has 4 nitrogen and oxygen atoms in total. The first-order chi connectivity index (χ1) is 5.66. The van der Waals surface area contributed by atoms with Crippen LogP contribution in [0.2, 0.25) is 0 Å². The van der Waals surface area contributed by atoms with Gasteiger partial charge in [0, 0.05) is 13.1 Å². The van der Waals surface area contributed by atoms with E-state index in [1.807, 2.05) is 4.67 Å². The van der Waals surface area contributed by atoms with Crippen molar-refractivity contribution in [3.63, 3.8) is 0 Å². The van der Waals surface area contributed by atoms with Crippen LogP contribution in [-0.2, 0) is 13.1 Å². The Morgan fingerprint density at radius 1 is 1.58 bits per heavy atom. The Morgan fingerprint density at radius 2 is 2.33 bits per heavy atom. The van der Waals surface area contributed by atoms with E-state index in [1.165, 1.54) is 0 Å². The summed E-state index contributed by atoms with van der Waals surface area (Å²) in [7, 11) is 2.58. The maximum absolute atomic E-state index is 11.3. The molecule has 12 heavy (non-hydrogen) atoms. The number of aromatic amines is 1. The zero-order valence-corrected chi connectivity index (χ0v) is 7.95. The highest BCUT2D eigenvalue weighted by Gasteiger charge is 2.20. The number of H-pyrrole nitrogens is 1. The fourth-order valence-electron chi connectivity index (χ4n) is 1.41. The summed E-state index contributed by atoms with van der Waals surface area (Å²) in [6.07, 6.45) is 0. The van der Waals surface area contributed by atoms with E-state index < -0.39 is 0 Å². The Bertz CT molecular complexity index is 373. The Morgan fingerprint density at radius 3 is 3.08 bits per heavy atom. The van der Waals surface area contributed by atoms with Crippen LogP contribution in [0.1, 0.15) is 17.1 Å². The summed E-state index contributed by atoms with van der Waals surface area (Å²) in [6.45, 7) is 3.24. The second-order valence-corrected chi connectivity index (χ2v) is 3.71. The van der Waals surface area contributed by atoms with Crippen molar-refractivity contribution in [1.29, 1.82) is 0 Å². The molecule has 64 valence electrons. The topological polar surface area (TPSA) is 49.0 Å². The van der Waals surface area contributed by atoms with Crippen LogP contribution < -0.4 is 5.56 Å². The van der Waals surface area contributed by atoms with Crippen molar-refractivity contribution in [3.05, 3.63) is 27.4 Å². The normalized spacial score (nSPS) is 16.5. The number of aryl methyl sites for hydroxylation is 1. The average Bonchev–Trinajstić information content (AvgIpc) is 2.29. The van der Waals surface area contributed by atoms with Gasteiger partial charge in [-0.2, -0.15) is 0 Å². The fraction of sp³-hybridized carbons (Fsp3) is 0.429. The fourth-order valence-corrected chi connectivity index (χ4v) is 1.77. The van der Waals surface area contributed by atoms with E-state index in [0.717, 1.165) is 17.8 Å². The standard InChI is InChI=1S/C7H10N3OP/c1-4-8-6-3-10(12)2-5(6)7(11)9-4/h2-3,12H2,1H3,(H,8,9,11). The van der Waals surface area contributed by atoms with Crippen molar-refractivity contribution in [1.82, 2.24) is 14.6 Å². The Labute approximate surface area is 72.3 Å². The zero-order valence-electron chi connectivity index (χ0n) is 6.79. The van der Waals surface area contributed by atoms with Gasteiger partial charge in [0.2, 0.25) is 0 Å². The minimum atomic E-state index is 0.00227. The van der Waals surface area contributed by atoms with Crippen molar-refractivity contribution < 1.29 is 0 Å². The summed E-state index contributed by atoms with van der Waals surface area (Å²) >= 11 is 0. The summed E-state index contributed by atoms with van der Waals surface area (Å²) in [4.78, 5) is 18.3. The second kappa shape index (κ2) is 2.64. The van der Waals surface area contributed by atoms with Gasteiger partial charge in [-0.05, 0) is 6.92 Å². The molecule has 1 aliphatic heterocycles. The van der Waals surface area contributed by atoms with Crippen LogP contribution in [-0.4, -0.2) is 14.6 Å². The Hall–Kier alpha value is -0.730. The Kier molecular flexibility index (Phi) is 1.74. The van der Waals surface area contributed by atoms with E-state index in [9.17, 15) is 4.79 Å². The van der Waals surface area contributed by atoms with Gasteiger partial charge < -0.3 is 4.98 Å². The predicted octanol–water partition coefficient (Wildman–Crippen LogP) is 0.184. The van der Waals surface area contributed by atoms with E-state index in [-0.39, 0.29) is 5.56 Å². The van der Waals surface area contributed by atoms with Gasteiger partial charge in [0.05, 0.1) is 11.3 Å². The first-order valence-corrected chi connectivity index (χ1v) is 4.27. The van der Waals surface area contributed by atoms with Crippen LogP contribution >= 0.6 is 9.39 Å². The number of nitrogens with one attached hydrogen (secondary N) is 1. The first kappa shape index (κ1) is 7.90. The monoisotopic (exact) mass is 183 g/mol. The van der Waals surface area contributed by atoms with Gasteiger partial charge in [-0.3, -0.25) is 9.46 Å². The van der Waals surface area contributed by atoms with E-state index >= 15 is 0 Å². The lowest BCUT2D eigenvalue weighted by molar-refractivity contribution is 0.504. The largest absolute Gasteiger partial charge is 0.310 e. The van der Waals surface area contributed by atoms with E-state index in [4.69, 9.17) is 0 Å². The van der Waals surface area contributed by atoms with E-state index in [2.05, 4.69) is 19.4 Å². The van der Waals surface area contributed by atoms with Crippen molar-refractivity contribution >= 4 is 9.39 Å². The number of fused-ring (bicyclic) bond motifs is 1. The quantitative estimate of drug-likeness (QED) is 0.584. The molecule has 0 spiro atoms. The predicted molar refractivity (Wildman–Crippen MR) is 48.6 cm³/mol. The van der Waals surface area contributed by atoms with Crippen LogP contribution in [0.25, 0.3) is 0 Å². The molecule has 0 saturated carbocycles. The van der Waals surface area contributed by atoms with Crippen LogP contribution in [0.5, 0.6) is 0 Å². The van der Waals surface area contributed by atoms with Gasteiger partial charge in [0.25, 0.3) is 5.56 Å². The van der Waals surface area contributed by atoms with Gasteiger partial charge in [0.15, 0.2) is 0 Å². The molecule has 2 rings (SSSR count). The summed E-state index contributed by atoms with van der Waals surface area (Å²) < 4.78 is 1.99. The lowest BCUT2D eigenvalue weighted by Crippen LogP contribution is -2.15. The van der Waals surface area contributed by atoms with Crippen molar-refractivity contribution in [2.75, 3.05) is 0 Å². The third kappa shape index (κ3) is 1.17. The average molecular weight is 183 g/mol. The summed E-state index contributed by atoms with van der Waals surface area (Å²) in [5.41, 5.74) is 1.71. The van der Waals surface area contributed by atoms with Crippen molar-refractivity contribution in [3.8, 4) is 0 Å². The SMILES string of the molecule is Cc1nc2c(c(=O)[nH]1)CN(P)C2. The van der Waals surface area contributed by atoms with Gasteiger partial charge in [-0.1, -0.05) is 9.39 Å². The number of rotatable bonds is 0. The maximum Gasteiger partial charge on any atom is 0.255 e. The molecule has 1 aromatic rings. The third-order valence-electron chi connectivity index (χ3n) is 1.93. The zero-order chi connectivity index (χ0) is 8.72. The lowest BCUT2D eigenvalue weighted by atomic mass is 10.3. The highest BCUT2D eigenvalue weighted by Crippen LogP contribution is 2.19. The molecule has 0 bridgehead atoms. The minimum absolute atomic E-state index is 0.00227. The van der Waals surface area contributed by atoms with Gasteiger partial charge in [-0.15, -0.1) is 0 Å². The first-order valence-electron chi connectivity index (χ1n) is 3.75. The molecular weight excluding hydrogens is 173 g/mol. The number of hydrogen-bond donors (Lipinski definition) is 1. The molecule has 0 aromatic carbocycles. The molecule has 1 atom stereocenters. The molecule has 2 heterocycles. The molecule has 0 radical (unpaired) electrons. The molecule has 0 saturated heterocycles. The van der Waals surface area contributed by atoms with Gasteiger partial charge >= 0.3 is 0 Å².